The average molecular weight is 403 g/mol. The molecule has 2 rings (SSSR count). The zero-order valence-corrected chi connectivity index (χ0v) is 15.0. The zero-order chi connectivity index (χ0) is 14.2. The molecule has 1 unspecified atom stereocenters. The van der Waals surface area contributed by atoms with Crippen molar-refractivity contribution in [2.24, 2.45) is 0 Å². The van der Waals surface area contributed by atoms with Crippen molar-refractivity contribution in [3.05, 3.63) is 67.6 Å². The first kappa shape index (κ1) is 15.1. The third-order valence-electron chi connectivity index (χ3n) is 3.39. The summed E-state index contributed by atoms with van der Waals surface area (Å²) in [7, 11) is 0. The van der Waals surface area contributed by atoms with Crippen molar-refractivity contribution in [1.82, 2.24) is 0 Å². The Morgan fingerprint density at radius 1 is 0.895 bits per heavy atom. The number of hydrogen-bond acceptors (Lipinski definition) is 0. The summed E-state index contributed by atoms with van der Waals surface area (Å²) in [6, 6.07) is 10.5. The molecule has 0 saturated carbocycles. The van der Waals surface area contributed by atoms with Crippen molar-refractivity contribution in [1.29, 1.82) is 0 Å². The summed E-state index contributed by atoms with van der Waals surface area (Å²) in [5.41, 5.74) is 6.09. The fourth-order valence-electron chi connectivity index (χ4n) is 2.09. The van der Waals surface area contributed by atoms with Crippen molar-refractivity contribution < 1.29 is 0 Å². The average Bonchev–Trinajstić information content (AvgIpc) is 2.33. The Morgan fingerprint density at radius 2 is 1.53 bits per heavy atom. The van der Waals surface area contributed by atoms with E-state index in [4.69, 9.17) is 11.6 Å². The Morgan fingerprint density at radius 3 is 2.16 bits per heavy atom. The molecule has 0 nitrogen and oxygen atoms in total. The molecule has 0 fully saturated rings. The summed E-state index contributed by atoms with van der Waals surface area (Å²) in [6.07, 6.45) is 0. The van der Waals surface area contributed by atoms with E-state index in [2.05, 4.69) is 76.9 Å². The quantitative estimate of drug-likeness (QED) is 0.502. The van der Waals surface area contributed by atoms with Crippen molar-refractivity contribution in [2.45, 2.75) is 25.6 Å². The van der Waals surface area contributed by atoms with Crippen LogP contribution in [0.5, 0.6) is 0 Å². The molecule has 0 aromatic heterocycles. The zero-order valence-electron chi connectivity index (χ0n) is 11.1. The maximum atomic E-state index is 6.39. The number of rotatable bonds is 2. The minimum absolute atomic E-state index is 0.118. The van der Waals surface area contributed by atoms with Crippen molar-refractivity contribution in [3.63, 3.8) is 0 Å². The Bertz CT molecular complexity index is 620. The van der Waals surface area contributed by atoms with Crippen LogP contribution in [0.4, 0.5) is 0 Å². The SMILES string of the molecule is Cc1cc(Cl)c(C(Br)c2ccc(Br)cc2C)cc1C. The third kappa shape index (κ3) is 3.24. The van der Waals surface area contributed by atoms with E-state index in [1.807, 2.05) is 6.07 Å². The van der Waals surface area contributed by atoms with E-state index in [0.717, 1.165) is 15.1 Å². The lowest BCUT2D eigenvalue weighted by atomic mass is 9.97. The van der Waals surface area contributed by atoms with Crippen LogP contribution in [-0.2, 0) is 0 Å². The molecule has 0 saturated heterocycles. The first-order valence-corrected chi connectivity index (χ1v) is 8.15. The predicted molar refractivity (Wildman–Crippen MR) is 90.6 cm³/mol. The molecular weight excluding hydrogens is 387 g/mol. The molecule has 0 N–H and O–H groups in total. The van der Waals surface area contributed by atoms with Crippen molar-refractivity contribution in [2.75, 3.05) is 0 Å². The second-order valence-corrected chi connectivity index (χ2v) is 7.06. The standard InChI is InChI=1S/C16H15Br2Cl/c1-9-7-14(15(19)8-10(9)2)16(18)13-5-4-12(17)6-11(13)3/h4-8,16H,1-3H3. The van der Waals surface area contributed by atoms with Gasteiger partial charge >= 0.3 is 0 Å². The summed E-state index contributed by atoms with van der Waals surface area (Å²) in [4.78, 5) is 0.118. The van der Waals surface area contributed by atoms with Crippen LogP contribution < -0.4 is 0 Å². The van der Waals surface area contributed by atoms with E-state index in [1.165, 1.54) is 22.3 Å². The van der Waals surface area contributed by atoms with E-state index in [0.29, 0.717) is 0 Å². The van der Waals surface area contributed by atoms with Crippen LogP contribution in [-0.4, -0.2) is 0 Å². The fraction of sp³-hybridized carbons (Fsp3) is 0.250. The Kier molecular flexibility index (Phi) is 4.75. The van der Waals surface area contributed by atoms with Gasteiger partial charge in [-0.25, -0.2) is 0 Å². The summed E-state index contributed by atoms with van der Waals surface area (Å²) < 4.78 is 1.10. The molecule has 0 aliphatic rings. The van der Waals surface area contributed by atoms with Gasteiger partial charge in [-0.15, -0.1) is 0 Å². The van der Waals surface area contributed by atoms with Crippen LogP contribution in [0.15, 0.2) is 34.8 Å². The molecule has 0 spiro atoms. The molecule has 2 aromatic carbocycles. The van der Waals surface area contributed by atoms with Gasteiger partial charge in [0, 0.05) is 9.50 Å². The highest BCUT2D eigenvalue weighted by Gasteiger charge is 2.16. The van der Waals surface area contributed by atoms with Crippen molar-refractivity contribution >= 4 is 43.5 Å². The van der Waals surface area contributed by atoms with Gasteiger partial charge in [0.05, 0.1) is 4.83 Å². The van der Waals surface area contributed by atoms with Gasteiger partial charge in [0.15, 0.2) is 0 Å². The summed E-state index contributed by atoms with van der Waals surface area (Å²) in [5, 5.41) is 0.812. The summed E-state index contributed by atoms with van der Waals surface area (Å²) >= 11 is 13.7. The lowest BCUT2D eigenvalue weighted by Gasteiger charge is -2.17. The normalized spacial score (nSPS) is 12.5. The molecule has 2 aromatic rings. The van der Waals surface area contributed by atoms with Gasteiger partial charge in [-0.05, 0) is 66.8 Å². The van der Waals surface area contributed by atoms with Gasteiger partial charge in [-0.3, -0.25) is 0 Å². The van der Waals surface area contributed by atoms with E-state index in [9.17, 15) is 0 Å². The van der Waals surface area contributed by atoms with Crippen molar-refractivity contribution in [3.8, 4) is 0 Å². The van der Waals surface area contributed by atoms with Gasteiger partial charge in [0.1, 0.15) is 0 Å². The van der Waals surface area contributed by atoms with Gasteiger partial charge in [0.25, 0.3) is 0 Å². The Hall–Kier alpha value is -0.310. The molecule has 1 atom stereocenters. The van der Waals surface area contributed by atoms with E-state index in [-0.39, 0.29) is 4.83 Å². The first-order chi connectivity index (χ1) is 8.90. The molecule has 0 bridgehead atoms. The van der Waals surface area contributed by atoms with Gasteiger partial charge in [-0.1, -0.05) is 55.6 Å². The van der Waals surface area contributed by atoms with Gasteiger partial charge in [-0.2, -0.15) is 0 Å². The van der Waals surface area contributed by atoms with Crippen LogP contribution >= 0.6 is 43.5 Å². The largest absolute Gasteiger partial charge is 0.0840 e. The maximum Gasteiger partial charge on any atom is 0.0661 e. The lowest BCUT2D eigenvalue weighted by molar-refractivity contribution is 1.13. The predicted octanol–water partition coefficient (Wildman–Crippen LogP) is 6.51. The fourth-order valence-corrected chi connectivity index (χ4v) is 3.92. The smallest absolute Gasteiger partial charge is 0.0661 e. The number of alkyl halides is 1. The first-order valence-electron chi connectivity index (χ1n) is 6.07. The van der Waals surface area contributed by atoms with Crippen LogP contribution in [0.2, 0.25) is 5.02 Å². The summed E-state index contributed by atoms with van der Waals surface area (Å²) in [6.45, 7) is 6.31. The van der Waals surface area contributed by atoms with Crippen LogP contribution in [0.25, 0.3) is 0 Å². The van der Waals surface area contributed by atoms with Gasteiger partial charge < -0.3 is 0 Å². The molecule has 19 heavy (non-hydrogen) atoms. The monoisotopic (exact) mass is 400 g/mol. The second-order valence-electron chi connectivity index (χ2n) is 4.82. The number of benzene rings is 2. The highest BCUT2D eigenvalue weighted by atomic mass is 79.9. The molecule has 0 aliphatic heterocycles. The highest BCUT2D eigenvalue weighted by molar-refractivity contribution is 9.10. The van der Waals surface area contributed by atoms with Crippen LogP contribution in [0, 0.1) is 20.8 Å². The molecule has 3 heteroatoms. The third-order valence-corrected chi connectivity index (χ3v) is 5.20. The molecular formula is C16H15Br2Cl. The minimum atomic E-state index is 0.118. The number of aryl methyl sites for hydroxylation is 3. The summed E-state index contributed by atoms with van der Waals surface area (Å²) in [5.74, 6) is 0. The molecule has 0 aliphatic carbocycles. The molecule has 0 heterocycles. The second kappa shape index (κ2) is 5.99. The Labute approximate surface area is 136 Å². The van der Waals surface area contributed by atoms with Crippen LogP contribution in [0.1, 0.15) is 32.6 Å². The van der Waals surface area contributed by atoms with Crippen LogP contribution in [0.3, 0.4) is 0 Å². The molecule has 0 amide bonds. The van der Waals surface area contributed by atoms with E-state index in [1.54, 1.807) is 0 Å². The molecule has 100 valence electrons. The number of hydrogen-bond donors (Lipinski definition) is 0. The van der Waals surface area contributed by atoms with Gasteiger partial charge in [0.2, 0.25) is 0 Å². The molecule has 0 radical (unpaired) electrons. The van der Waals surface area contributed by atoms with E-state index < -0.39 is 0 Å². The van der Waals surface area contributed by atoms with E-state index >= 15 is 0 Å². The topological polar surface area (TPSA) is 0 Å². The minimum Gasteiger partial charge on any atom is -0.0840 e. The Balaban J connectivity index is 2.49. The number of halogens is 3. The highest BCUT2D eigenvalue weighted by Crippen LogP contribution is 2.38. The lowest BCUT2D eigenvalue weighted by Crippen LogP contribution is -1.98. The maximum absolute atomic E-state index is 6.39.